The van der Waals surface area contributed by atoms with E-state index in [4.69, 9.17) is 4.74 Å². The Balaban J connectivity index is 2.22. The summed E-state index contributed by atoms with van der Waals surface area (Å²) in [5, 5.41) is 0. The zero-order valence-corrected chi connectivity index (χ0v) is 11.5. The molecule has 0 aliphatic carbocycles. The van der Waals surface area contributed by atoms with Gasteiger partial charge < -0.3 is 4.74 Å². The molecule has 1 aliphatic heterocycles. The average Bonchev–Trinajstić information content (AvgIpc) is 2.83. The number of hydrogen-bond donors (Lipinski definition) is 0. The Morgan fingerprint density at radius 3 is 2.84 bits per heavy atom. The van der Waals surface area contributed by atoms with Gasteiger partial charge in [-0.2, -0.15) is 0 Å². The topological polar surface area (TPSA) is 29.5 Å². The molecule has 3 heteroatoms. The van der Waals surface area contributed by atoms with Crippen molar-refractivity contribution in [1.29, 1.82) is 0 Å². The number of benzene rings is 1. The molecule has 1 fully saturated rings. The summed E-state index contributed by atoms with van der Waals surface area (Å²) in [6.45, 7) is 5.50. The smallest absolute Gasteiger partial charge is 0.326 e. The largest absolute Gasteiger partial charge is 0.468 e. The van der Waals surface area contributed by atoms with Gasteiger partial charge in [0.15, 0.2) is 0 Å². The van der Waals surface area contributed by atoms with Crippen LogP contribution < -0.4 is 0 Å². The number of nitrogens with zero attached hydrogens (tertiary/aromatic N) is 1. The van der Waals surface area contributed by atoms with Crippen molar-refractivity contribution in [3.05, 3.63) is 48.6 Å². The predicted octanol–water partition coefficient (Wildman–Crippen LogP) is 2.77. The lowest BCUT2D eigenvalue weighted by molar-refractivity contribution is -0.153. The van der Waals surface area contributed by atoms with Crippen molar-refractivity contribution >= 4 is 5.97 Å². The third kappa shape index (κ3) is 2.71. The fourth-order valence-corrected chi connectivity index (χ4v) is 2.94. The molecule has 3 nitrogen and oxygen atoms in total. The molecule has 1 aliphatic rings. The molecule has 1 atom stereocenters. The van der Waals surface area contributed by atoms with Gasteiger partial charge in [0.25, 0.3) is 0 Å². The first kappa shape index (κ1) is 13.8. The van der Waals surface area contributed by atoms with Gasteiger partial charge in [-0.25, -0.2) is 0 Å². The monoisotopic (exact) mass is 259 g/mol. The Labute approximate surface area is 114 Å². The molecule has 0 amide bonds. The quantitative estimate of drug-likeness (QED) is 0.601. The van der Waals surface area contributed by atoms with Crippen LogP contribution >= 0.6 is 0 Å². The van der Waals surface area contributed by atoms with Gasteiger partial charge in [0.2, 0.25) is 0 Å². The van der Waals surface area contributed by atoms with E-state index in [9.17, 15) is 4.79 Å². The molecule has 102 valence electrons. The molecule has 0 N–H and O–H groups in total. The summed E-state index contributed by atoms with van der Waals surface area (Å²) in [5.41, 5.74) is 0.702. The van der Waals surface area contributed by atoms with Crippen LogP contribution in [0.15, 0.2) is 43.0 Å². The van der Waals surface area contributed by atoms with Gasteiger partial charge in [0.1, 0.15) is 5.54 Å². The normalized spacial score (nSPS) is 23.2. The molecule has 19 heavy (non-hydrogen) atoms. The maximum absolute atomic E-state index is 12.2. The number of rotatable bonds is 5. The van der Waals surface area contributed by atoms with Crippen LogP contribution in [0.4, 0.5) is 0 Å². The Hall–Kier alpha value is -1.61. The highest BCUT2D eigenvalue weighted by molar-refractivity contribution is 5.81. The summed E-state index contributed by atoms with van der Waals surface area (Å²) >= 11 is 0. The van der Waals surface area contributed by atoms with Gasteiger partial charge in [-0.1, -0.05) is 36.4 Å². The Kier molecular flexibility index (Phi) is 4.38. The molecule has 2 rings (SSSR count). The van der Waals surface area contributed by atoms with E-state index < -0.39 is 5.54 Å². The SMILES string of the molecule is C=CC[C@]1(C(=O)OC)CCCN1Cc1ccccc1. The summed E-state index contributed by atoms with van der Waals surface area (Å²) in [4.78, 5) is 14.4. The van der Waals surface area contributed by atoms with Gasteiger partial charge in [0.05, 0.1) is 7.11 Å². The second-order valence-corrected chi connectivity index (χ2v) is 5.03. The number of carbonyl (C=O) groups is 1. The van der Waals surface area contributed by atoms with Crippen LogP contribution in [-0.2, 0) is 16.1 Å². The van der Waals surface area contributed by atoms with Gasteiger partial charge in [-0.3, -0.25) is 9.69 Å². The maximum atomic E-state index is 12.2. The van der Waals surface area contributed by atoms with Crippen LogP contribution in [0.5, 0.6) is 0 Å². The van der Waals surface area contributed by atoms with Gasteiger partial charge in [-0.05, 0) is 31.4 Å². The fourth-order valence-electron chi connectivity index (χ4n) is 2.94. The van der Waals surface area contributed by atoms with Crippen molar-refractivity contribution < 1.29 is 9.53 Å². The van der Waals surface area contributed by atoms with E-state index in [-0.39, 0.29) is 5.97 Å². The highest BCUT2D eigenvalue weighted by Gasteiger charge is 2.47. The fraction of sp³-hybridized carbons (Fsp3) is 0.438. The second kappa shape index (κ2) is 6.02. The van der Waals surface area contributed by atoms with Crippen molar-refractivity contribution in [1.82, 2.24) is 4.90 Å². The molecule has 1 aromatic rings. The third-order valence-electron chi connectivity index (χ3n) is 3.89. The van der Waals surface area contributed by atoms with Gasteiger partial charge in [0, 0.05) is 6.54 Å². The van der Waals surface area contributed by atoms with Crippen LogP contribution in [0, 0.1) is 0 Å². The maximum Gasteiger partial charge on any atom is 0.326 e. The van der Waals surface area contributed by atoms with Crippen LogP contribution in [-0.4, -0.2) is 30.1 Å². The van der Waals surface area contributed by atoms with Gasteiger partial charge >= 0.3 is 5.97 Å². The van der Waals surface area contributed by atoms with E-state index in [1.54, 1.807) is 0 Å². The Morgan fingerprint density at radius 2 is 2.21 bits per heavy atom. The second-order valence-electron chi connectivity index (χ2n) is 5.03. The first-order chi connectivity index (χ1) is 9.23. The van der Waals surface area contributed by atoms with Gasteiger partial charge in [-0.15, -0.1) is 6.58 Å². The zero-order chi connectivity index (χ0) is 13.7. The molecule has 1 saturated heterocycles. The summed E-state index contributed by atoms with van der Waals surface area (Å²) in [6, 6.07) is 10.2. The first-order valence-corrected chi connectivity index (χ1v) is 6.71. The molecule has 1 aromatic carbocycles. The molecule has 0 spiro atoms. The van der Waals surface area contributed by atoms with Crippen molar-refractivity contribution in [2.45, 2.75) is 31.3 Å². The molecule has 1 heterocycles. The molecule has 0 radical (unpaired) electrons. The van der Waals surface area contributed by atoms with Crippen molar-refractivity contribution in [3.63, 3.8) is 0 Å². The van der Waals surface area contributed by atoms with E-state index in [1.165, 1.54) is 12.7 Å². The molecular weight excluding hydrogens is 238 g/mol. The lowest BCUT2D eigenvalue weighted by Gasteiger charge is -2.35. The van der Waals surface area contributed by atoms with Crippen LogP contribution in [0.3, 0.4) is 0 Å². The van der Waals surface area contributed by atoms with Crippen LogP contribution in [0.2, 0.25) is 0 Å². The van der Waals surface area contributed by atoms with Crippen molar-refractivity contribution in [3.8, 4) is 0 Å². The Bertz CT molecular complexity index is 443. The third-order valence-corrected chi connectivity index (χ3v) is 3.89. The standard InChI is InChI=1S/C16H21NO2/c1-3-10-16(15(18)19-2)11-7-12-17(16)13-14-8-5-4-6-9-14/h3-6,8-9H,1,7,10-13H2,2H3/t16-/m1/s1. The molecule has 0 aromatic heterocycles. The minimum atomic E-state index is -0.521. The summed E-state index contributed by atoms with van der Waals surface area (Å²) < 4.78 is 5.03. The Morgan fingerprint density at radius 1 is 1.47 bits per heavy atom. The lowest BCUT2D eigenvalue weighted by atomic mass is 9.91. The number of carbonyl (C=O) groups excluding carboxylic acids is 1. The van der Waals surface area contributed by atoms with E-state index in [2.05, 4.69) is 23.6 Å². The first-order valence-electron chi connectivity index (χ1n) is 6.71. The molecular formula is C16H21NO2. The summed E-state index contributed by atoms with van der Waals surface area (Å²) in [6.07, 6.45) is 4.33. The minimum absolute atomic E-state index is 0.138. The lowest BCUT2D eigenvalue weighted by Crippen LogP contribution is -2.50. The van der Waals surface area contributed by atoms with Crippen molar-refractivity contribution in [2.24, 2.45) is 0 Å². The van der Waals surface area contributed by atoms with E-state index in [0.29, 0.717) is 6.42 Å². The number of ether oxygens (including phenoxy) is 1. The van der Waals surface area contributed by atoms with E-state index in [1.807, 2.05) is 24.3 Å². The van der Waals surface area contributed by atoms with E-state index in [0.717, 1.165) is 25.9 Å². The highest BCUT2D eigenvalue weighted by atomic mass is 16.5. The summed E-state index contributed by atoms with van der Waals surface area (Å²) in [5.74, 6) is -0.138. The summed E-state index contributed by atoms with van der Waals surface area (Å²) in [7, 11) is 1.46. The van der Waals surface area contributed by atoms with Crippen molar-refractivity contribution in [2.75, 3.05) is 13.7 Å². The van der Waals surface area contributed by atoms with E-state index >= 15 is 0 Å². The van der Waals surface area contributed by atoms with Crippen LogP contribution in [0.25, 0.3) is 0 Å². The number of esters is 1. The molecule has 0 unspecified atom stereocenters. The zero-order valence-electron chi connectivity index (χ0n) is 11.5. The number of methoxy groups -OCH3 is 1. The molecule has 0 bridgehead atoms. The minimum Gasteiger partial charge on any atom is -0.468 e. The van der Waals surface area contributed by atoms with Crippen LogP contribution in [0.1, 0.15) is 24.8 Å². The highest BCUT2D eigenvalue weighted by Crippen LogP contribution is 2.35. The number of hydrogen-bond acceptors (Lipinski definition) is 3. The average molecular weight is 259 g/mol. The number of likely N-dealkylation sites (tertiary alicyclic amines) is 1. The molecule has 0 saturated carbocycles. The predicted molar refractivity (Wildman–Crippen MR) is 75.6 cm³/mol.